The highest BCUT2D eigenvalue weighted by Gasteiger charge is 2.16. The molecule has 0 spiro atoms. The molecular weight excluding hydrogens is 222 g/mol. The van der Waals surface area contributed by atoms with Crippen molar-refractivity contribution in [1.29, 1.82) is 0 Å². The number of piperazine rings is 1. The lowest BCUT2D eigenvalue weighted by molar-refractivity contribution is 0.183. The second kappa shape index (κ2) is 5.12. The first-order valence-electron chi connectivity index (χ1n) is 6.84. The minimum atomic E-state index is 0.628. The highest BCUT2D eigenvalue weighted by molar-refractivity contribution is 5.79. The fourth-order valence-corrected chi connectivity index (χ4v) is 2.82. The summed E-state index contributed by atoms with van der Waals surface area (Å²) in [6.07, 6.45) is 3.15. The molecule has 1 aromatic carbocycles. The highest BCUT2D eigenvalue weighted by Crippen LogP contribution is 2.17. The van der Waals surface area contributed by atoms with E-state index in [1.165, 1.54) is 29.6 Å². The van der Waals surface area contributed by atoms with E-state index in [0.29, 0.717) is 6.04 Å². The number of aromatic amines is 1. The molecule has 2 N–H and O–H groups in total. The van der Waals surface area contributed by atoms with Crippen molar-refractivity contribution in [2.24, 2.45) is 0 Å². The van der Waals surface area contributed by atoms with Crippen molar-refractivity contribution in [2.45, 2.75) is 19.4 Å². The predicted octanol–water partition coefficient (Wildman–Crippen LogP) is 2.00. The fraction of sp³-hybridized carbons (Fsp3) is 0.467. The van der Waals surface area contributed by atoms with E-state index >= 15 is 0 Å². The van der Waals surface area contributed by atoms with Crippen molar-refractivity contribution in [2.75, 3.05) is 26.2 Å². The van der Waals surface area contributed by atoms with E-state index in [1.807, 2.05) is 6.20 Å². The summed E-state index contributed by atoms with van der Waals surface area (Å²) in [5.74, 6) is 0. The van der Waals surface area contributed by atoms with Crippen LogP contribution in [0.3, 0.4) is 0 Å². The Morgan fingerprint density at radius 1 is 1.22 bits per heavy atom. The van der Waals surface area contributed by atoms with Gasteiger partial charge in [-0.3, -0.25) is 4.90 Å². The zero-order valence-corrected chi connectivity index (χ0v) is 10.9. The van der Waals surface area contributed by atoms with Gasteiger partial charge in [0, 0.05) is 43.9 Å². The van der Waals surface area contributed by atoms with Gasteiger partial charge in [-0.1, -0.05) is 6.07 Å². The van der Waals surface area contributed by atoms with Crippen molar-refractivity contribution in [3.05, 3.63) is 36.0 Å². The molecule has 1 aromatic heterocycles. The van der Waals surface area contributed by atoms with Crippen LogP contribution in [0.25, 0.3) is 10.9 Å². The number of rotatable bonds is 3. The standard InChI is InChI=1S/C15H21N3/c1-12(18-8-6-16-7-9-18)10-13-2-3-15-14(11-13)4-5-17-15/h2-5,11-12,16-17H,6-10H2,1H3. The third-order valence-corrected chi connectivity index (χ3v) is 3.92. The van der Waals surface area contributed by atoms with E-state index < -0.39 is 0 Å². The number of hydrogen-bond donors (Lipinski definition) is 2. The molecule has 1 atom stereocenters. The monoisotopic (exact) mass is 243 g/mol. The topological polar surface area (TPSA) is 31.1 Å². The lowest BCUT2D eigenvalue weighted by Crippen LogP contribution is -2.48. The average molecular weight is 243 g/mol. The lowest BCUT2D eigenvalue weighted by atomic mass is 10.0. The molecule has 1 aliphatic rings. The first-order chi connectivity index (χ1) is 8.83. The van der Waals surface area contributed by atoms with Crippen LogP contribution in [0.4, 0.5) is 0 Å². The molecule has 2 aromatic rings. The Morgan fingerprint density at radius 3 is 2.89 bits per heavy atom. The largest absolute Gasteiger partial charge is 0.361 e. The van der Waals surface area contributed by atoms with Gasteiger partial charge >= 0.3 is 0 Å². The average Bonchev–Trinajstić information content (AvgIpc) is 2.87. The van der Waals surface area contributed by atoms with Gasteiger partial charge < -0.3 is 10.3 Å². The zero-order valence-electron chi connectivity index (χ0n) is 10.9. The van der Waals surface area contributed by atoms with Gasteiger partial charge in [0.2, 0.25) is 0 Å². The molecule has 1 aliphatic heterocycles. The van der Waals surface area contributed by atoms with Crippen LogP contribution in [-0.2, 0) is 6.42 Å². The van der Waals surface area contributed by atoms with Gasteiger partial charge in [-0.05, 0) is 42.5 Å². The van der Waals surface area contributed by atoms with E-state index in [1.54, 1.807) is 0 Å². The number of nitrogens with zero attached hydrogens (tertiary/aromatic N) is 1. The molecule has 96 valence electrons. The number of aromatic nitrogens is 1. The predicted molar refractivity (Wildman–Crippen MR) is 75.9 cm³/mol. The Labute approximate surface area is 108 Å². The summed E-state index contributed by atoms with van der Waals surface area (Å²) in [6.45, 7) is 6.94. The Kier molecular flexibility index (Phi) is 3.35. The van der Waals surface area contributed by atoms with Crippen LogP contribution in [0.1, 0.15) is 12.5 Å². The van der Waals surface area contributed by atoms with Crippen molar-refractivity contribution < 1.29 is 0 Å². The van der Waals surface area contributed by atoms with Crippen LogP contribution in [0.2, 0.25) is 0 Å². The molecule has 0 amide bonds. The molecule has 3 heteroatoms. The molecule has 2 heterocycles. The maximum absolute atomic E-state index is 3.41. The van der Waals surface area contributed by atoms with E-state index in [-0.39, 0.29) is 0 Å². The highest BCUT2D eigenvalue weighted by atomic mass is 15.2. The maximum atomic E-state index is 3.41. The summed E-state index contributed by atoms with van der Waals surface area (Å²) in [7, 11) is 0. The van der Waals surface area contributed by atoms with E-state index in [9.17, 15) is 0 Å². The number of benzene rings is 1. The molecule has 1 unspecified atom stereocenters. The SMILES string of the molecule is CC(Cc1ccc2[nH]ccc2c1)N1CCNCC1. The maximum Gasteiger partial charge on any atom is 0.0454 e. The van der Waals surface area contributed by atoms with E-state index in [4.69, 9.17) is 0 Å². The van der Waals surface area contributed by atoms with Crippen LogP contribution >= 0.6 is 0 Å². The van der Waals surface area contributed by atoms with Crippen LogP contribution < -0.4 is 5.32 Å². The second-order valence-electron chi connectivity index (χ2n) is 5.24. The molecule has 0 bridgehead atoms. The molecule has 18 heavy (non-hydrogen) atoms. The van der Waals surface area contributed by atoms with E-state index in [0.717, 1.165) is 19.5 Å². The van der Waals surface area contributed by atoms with Gasteiger partial charge in [-0.25, -0.2) is 0 Å². The van der Waals surface area contributed by atoms with Crippen LogP contribution in [0.15, 0.2) is 30.5 Å². The molecule has 3 nitrogen and oxygen atoms in total. The van der Waals surface area contributed by atoms with Crippen molar-refractivity contribution in [1.82, 2.24) is 15.2 Å². The van der Waals surface area contributed by atoms with Gasteiger partial charge in [0.25, 0.3) is 0 Å². The first kappa shape index (κ1) is 11.8. The van der Waals surface area contributed by atoms with E-state index in [2.05, 4.69) is 46.4 Å². The first-order valence-corrected chi connectivity index (χ1v) is 6.84. The molecule has 0 aliphatic carbocycles. The van der Waals surface area contributed by atoms with Gasteiger partial charge in [-0.2, -0.15) is 0 Å². The summed E-state index contributed by atoms with van der Waals surface area (Å²) in [6, 6.07) is 9.52. The number of nitrogens with one attached hydrogen (secondary N) is 2. The number of H-pyrrole nitrogens is 1. The number of fused-ring (bicyclic) bond motifs is 1. The van der Waals surface area contributed by atoms with Crippen LogP contribution in [0.5, 0.6) is 0 Å². The van der Waals surface area contributed by atoms with Crippen molar-refractivity contribution in [3.63, 3.8) is 0 Å². The summed E-state index contributed by atoms with van der Waals surface area (Å²) in [5, 5.41) is 4.73. The van der Waals surface area contributed by atoms with Gasteiger partial charge in [0.1, 0.15) is 0 Å². The summed E-state index contributed by atoms with van der Waals surface area (Å²) in [4.78, 5) is 5.83. The third kappa shape index (κ3) is 2.42. The summed E-state index contributed by atoms with van der Waals surface area (Å²) >= 11 is 0. The van der Waals surface area contributed by atoms with Gasteiger partial charge in [0.05, 0.1) is 0 Å². The minimum Gasteiger partial charge on any atom is -0.361 e. The van der Waals surface area contributed by atoms with Gasteiger partial charge in [0.15, 0.2) is 0 Å². The zero-order chi connectivity index (χ0) is 12.4. The molecule has 0 saturated carbocycles. The second-order valence-corrected chi connectivity index (χ2v) is 5.24. The summed E-state index contributed by atoms with van der Waals surface area (Å²) in [5.41, 5.74) is 2.67. The Balaban J connectivity index is 1.70. The van der Waals surface area contributed by atoms with Crippen LogP contribution in [0, 0.1) is 0 Å². The Bertz CT molecular complexity index is 511. The molecular formula is C15H21N3. The third-order valence-electron chi connectivity index (χ3n) is 3.92. The smallest absolute Gasteiger partial charge is 0.0454 e. The minimum absolute atomic E-state index is 0.628. The number of hydrogen-bond acceptors (Lipinski definition) is 2. The fourth-order valence-electron chi connectivity index (χ4n) is 2.82. The normalized spacial score (nSPS) is 19.2. The van der Waals surface area contributed by atoms with Crippen LogP contribution in [-0.4, -0.2) is 42.1 Å². The molecule has 1 saturated heterocycles. The molecule has 0 radical (unpaired) electrons. The van der Waals surface area contributed by atoms with Crippen molar-refractivity contribution in [3.8, 4) is 0 Å². The Hall–Kier alpha value is -1.32. The van der Waals surface area contributed by atoms with Crippen molar-refractivity contribution >= 4 is 10.9 Å². The summed E-state index contributed by atoms with van der Waals surface area (Å²) < 4.78 is 0. The molecule has 1 fully saturated rings. The molecule has 3 rings (SSSR count). The quantitative estimate of drug-likeness (QED) is 0.864. The van der Waals surface area contributed by atoms with Gasteiger partial charge in [-0.15, -0.1) is 0 Å². The Morgan fingerprint density at radius 2 is 2.06 bits per heavy atom. The lowest BCUT2D eigenvalue weighted by Gasteiger charge is -2.32.